The van der Waals surface area contributed by atoms with E-state index < -0.39 is 0 Å². The Morgan fingerprint density at radius 1 is 0.962 bits per heavy atom. The molecule has 0 atom stereocenters. The van der Waals surface area contributed by atoms with Gasteiger partial charge in [0.25, 0.3) is 0 Å². The van der Waals surface area contributed by atoms with Crippen LogP contribution in [0.1, 0.15) is 19.4 Å². The van der Waals surface area contributed by atoms with Crippen molar-refractivity contribution < 1.29 is 9.47 Å². The molecule has 0 bridgehead atoms. The minimum atomic E-state index is 0.133. The lowest BCUT2D eigenvalue weighted by Crippen LogP contribution is -2.20. The molecule has 26 heavy (non-hydrogen) atoms. The Hall–Kier alpha value is -2.30. The lowest BCUT2D eigenvalue weighted by Gasteiger charge is -2.15. The summed E-state index contributed by atoms with van der Waals surface area (Å²) in [4.78, 5) is 1.30. The monoisotopic (exact) mass is 367 g/mol. The second-order valence-corrected chi connectivity index (χ2v) is 7.26. The SMILES string of the molecule is CC(C)Oc1ccccc1OCCNCc1cccc(-c2cccs2)c1. The number of nitrogens with one attached hydrogen (secondary N) is 1. The third kappa shape index (κ3) is 5.35. The zero-order valence-corrected chi connectivity index (χ0v) is 16.1. The minimum absolute atomic E-state index is 0.133. The molecule has 1 heterocycles. The van der Waals surface area contributed by atoms with Gasteiger partial charge in [0.15, 0.2) is 11.5 Å². The minimum Gasteiger partial charge on any atom is -0.488 e. The molecule has 0 unspecified atom stereocenters. The smallest absolute Gasteiger partial charge is 0.161 e. The molecule has 3 rings (SSSR count). The van der Waals surface area contributed by atoms with Gasteiger partial charge in [-0.15, -0.1) is 11.3 Å². The zero-order valence-electron chi connectivity index (χ0n) is 15.3. The number of rotatable bonds is 9. The summed E-state index contributed by atoms with van der Waals surface area (Å²) in [5.41, 5.74) is 2.55. The Labute approximate surface area is 159 Å². The fraction of sp³-hybridized carbons (Fsp3) is 0.273. The van der Waals surface area contributed by atoms with E-state index in [-0.39, 0.29) is 6.10 Å². The summed E-state index contributed by atoms with van der Waals surface area (Å²) >= 11 is 1.77. The molecule has 1 N–H and O–H groups in total. The molecule has 0 aliphatic heterocycles. The maximum atomic E-state index is 5.87. The van der Waals surface area contributed by atoms with Gasteiger partial charge in [-0.1, -0.05) is 36.4 Å². The van der Waals surface area contributed by atoms with E-state index in [1.807, 2.05) is 38.1 Å². The normalized spacial score (nSPS) is 10.9. The van der Waals surface area contributed by atoms with Crippen molar-refractivity contribution in [1.29, 1.82) is 0 Å². The van der Waals surface area contributed by atoms with E-state index >= 15 is 0 Å². The second kappa shape index (κ2) is 9.41. The van der Waals surface area contributed by atoms with Gasteiger partial charge >= 0.3 is 0 Å². The summed E-state index contributed by atoms with van der Waals surface area (Å²) in [6, 6.07) is 20.7. The zero-order chi connectivity index (χ0) is 18.2. The van der Waals surface area contributed by atoms with Crippen LogP contribution in [0.4, 0.5) is 0 Å². The molecule has 1 aromatic heterocycles. The molecule has 0 spiro atoms. The second-order valence-electron chi connectivity index (χ2n) is 6.32. The molecule has 2 aromatic carbocycles. The standard InChI is InChI=1S/C22H25NO2S/c1-17(2)25-21-10-4-3-9-20(21)24-13-12-23-16-18-7-5-8-19(15-18)22-11-6-14-26-22/h3-11,14-15,17,23H,12-13,16H2,1-2H3. The fourth-order valence-electron chi connectivity index (χ4n) is 2.66. The van der Waals surface area contributed by atoms with Gasteiger partial charge in [-0.2, -0.15) is 0 Å². The average molecular weight is 368 g/mol. The first kappa shape index (κ1) is 18.5. The maximum Gasteiger partial charge on any atom is 0.161 e. The van der Waals surface area contributed by atoms with E-state index in [1.54, 1.807) is 11.3 Å². The van der Waals surface area contributed by atoms with Crippen molar-refractivity contribution in [3.8, 4) is 21.9 Å². The predicted molar refractivity (Wildman–Crippen MR) is 109 cm³/mol. The highest BCUT2D eigenvalue weighted by Crippen LogP contribution is 2.27. The summed E-state index contributed by atoms with van der Waals surface area (Å²) in [6.07, 6.45) is 0.133. The van der Waals surface area contributed by atoms with Gasteiger partial charge in [-0.3, -0.25) is 0 Å². The lowest BCUT2D eigenvalue weighted by molar-refractivity contribution is 0.221. The molecular weight excluding hydrogens is 342 g/mol. The van der Waals surface area contributed by atoms with Crippen LogP contribution in [0, 0.1) is 0 Å². The fourth-order valence-corrected chi connectivity index (χ4v) is 3.39. The van der Waals surface area contributed by atoms with E-state index in [0.717, 1.165) is 24.6 Å². The van der Waals surface area contributed by atoms with E-state index in [1.165, 1.54) is 16.0 Å². The summed E-state index contributed by atoms with van der Waals surface area (Å²) < 4.78 is 11.6. The number of para-hydroxylation sites is 2. The first-order valence-electron chi connectivity index (χ1n) is 8.94. The maximum absolute atomic E-state index is 5.87. The molecule has 0 saturated heterocycles. The van der Waals surface area contributed by atoms with E-state index in [4.69, 9.17) is 9.47 Å². The molecule has 0 saturated carbocycles. The van der Waals surface area contributed by atoms with Crippen LogP contribution in [0.25, 0.3) is 10.4 Å². The molecule has 136 valence electrons. The highest BCUT2D eigenvalue weighted by atomic mass is 32.1. The van der Waals surface area contributed by atoms with Crippen LogP contribution in [0.5, 0.6) is 11.5 Å². The summed E-state index contributed by atoms with van der Waals surface area (Å²) in [6.45, 7) is 6.24. The van der Waals surface area contributed by atoms with Crippen molar-refractivity contribution in [1.82, 2.24) is 5.32 Å². The van der Waals surface area contributed by atoms with Crippen molar-refractivity contribution in [2.45, 2.75) is 26.5 Å². The van der Waals surface area contributed by atoms with E-state index in [0.29, 0.717) is 6.61 Å². The van der Waals surface area contributed by atoms with Crippen LogP contribution in [-0.2, 0) is 6.54 Å². The third-order valence-corrected chi connectivity index (χ3v) is 4.73. The van der Waals surface area contributed by atoms with Gasteiger partial charge in [-0.05, 0) is 54.6 Å². The molecule has 0 aliphatic rings. The Bertz CT molecular complexity index is 799. The van der Waals surface area contributed by atoms with Gasteiger partial charge < -0.3 is 14.8 Å². The average Bonchev–Trinajstić information content (AvgIpc) is 3.17. The Kier molecular flexibility index (Phi) is 6.69. The van der Waals surface area contributed by atoms with E-state index in [9.17, 15) is 0 Å². The van der Waals surface area contributed by atoms with Crippen molar-refractivity contribution in [3.05, 3.63) is 71.6 Å². The predicted octanol–water partition coefficient (Wildman–Crippen LogP) is 5.37. The Balaban J connectivity index is 1.46. The number of benzene rings is 2. The highest BCUT2D eigenvalue weighted by Gasteiger charge is 2.06. The van der Waals surface area contributed by atoms with Gasteiger partial charge in [0, 0.05) is 18.0 Å². The summed E-state index contributed by atoms with van der Waals surface area (Å²) in [5, 5.41) is 5.55. The van der Waals surface area contributed by atoms with Crippen LogP contribution in [0.15, 0.2) is 66.0 Å². The number of hydrogen-bond acceptors (Lipinski definition) is 4. The van der Waals surface area contributed by atoms with Gasteiger partial charge in [-0.25, -0.2) is 0 Å². The quantitative estimate of drug-likeness (QED) is 0.516. The molecule has 4 heteroatoms. The Morgan fingerprint density at radius 3 is 2.58 bits per heavy atom. The largest absolute Gasteiger partial charge is 0.488 e. The first-order chi connectivity index (χ1) is 12.7. The van der Waals surface area contributed by atoms with Crippen molar-refractivity contribution in [2.75, 3.05) is 13.2 Å². The van der Waals surface area contributed by atoms with Gasteiger partial charge in [0.2, 0.25) is 0 Å². The molecule has 0 aliphatic carbocycles. The molecule has 3 aromatic rings. The van der Waals surface area contributed by atoms with Gasteiger partial charge in [0.1, 0.15) is 6.61 Å². The van der Waals surface area contributed by atoms with Crippen molar-refractivity contribution >= 4 is 11.3 Å². The van der Waals surface area contributed by atoms with Gasteiger partial charge in [0.05, 0.1) is 6.10 Å². The van der Waals surface area contributed by atoms with E-state index in [2.05, 4.69) is 47.1 Å². The lowest BCUT2D eigenvalue weighted by atomic mass is 10.1. The highest BCUT2D eigenvalue weighted by molar-refractivity contribution is 7.13. The number of ether oxygens (including phenoxy) is 2. The number of thiophene rings is 1. The third-order valence-electron chi connectivity index (χ3n) is 3.81. The Morgan fingerprint density at radius 2 is 1.81 bits per heavy atom. The topological polar surface area (TPSA) is 30.5 Å². The molecule has 3 nitrogen and oxygen atoms in total. The molecule has 0 amide bonds. The number of hydrogen-bond donors (Lipinski definition) is 1. The first-order valence-corrected chi connectivity index (χ1v) is 9.82. The van der Waals surface area contributed by atoms with Crippen LogP contribution in [-0.4, -0.2) is 19.3 Å². The summed E-state index contributed by atoms with van der Waals surface area (Å²) in [5.74, 6) is 1.59. The van der Waals surface area contributed by atoms with Crippen molar-refractivity contribution in [2.24, 2.45) is 0 Å². The molecular formula is C22H25NO2S. The van der Waals surface area contributed by atoms with Crippen molar-refractivity contribution in [3.63, 3.8) is 0 Å². The van der Waals surface area contributed by atoms with Crippen LogP contribution < -0.4 is 14.8 Å². The van der Waals surface area contributed by atoms with Crippen LogP contribution >= 0.6 is 11.3 Å². The van der Waals surface area contributed by atoms with Crippen LogP contribution in [0.2, 0.25) is 0 Å². The molecule has 0 radical (unpaired) electrons. The van der Waals surface area contributed by atoms with Crippen LogP contribution in [0.3, 0.4) is 0 Å². The molecule has 0 fully saturated rings. The summed E-state index contributed by atoms with van der Waals surface area (Å²) in [7, 11) is 0.